The zero-order chi connectivity index (χ0) is 15.5. The van der Waals surface area contributed by atoms with Gasteiger partial charge in [-0.05, 0) is 26.2 Å². The van der Waals surface area contributed by atoms with Crippen molar-refractivity contribution in [3.05, 3.63) is 16.4 Å². The van der Waals surface area contributed by atoms with Gasteiger partial charge in [-0.3, -0.25) is 9.58 Å². The second-order valence-electron chi connectivity index (χ2n) is 6.00. The lowest BCUT2D eigenvalue weighted by atomic mass is 9.90. The Bertz CT molecular complexity index is 465. The molecule has 0 amide bonds. The summed E-state index contributed by atoms with van der Waals surface area (Å²) in [6.07, 6.45) is 3.23. The predicted octanol–water partition coefficient (Wildman–Crippen LogP) is 3.08. The van der Waals surface area contributed by atoms with Crippen molar-refractivity contribution >= 4 is 11.6 Å². The van der Waals surface area contributed by atoms with Crippen molar-refractivity contribution in [2.75, 3.05) is 19.6 Å². The van der Waals surface area contributed by atoms with Crippen LogP contribution in [-0.2, 0) is 19.5 Å². The van der Waals surface area contributed by atoms with E-state index in [-0.39, 0.29) is 5.54 Å². The summed E-state index contributed by atoms with van der Waals surface area (Å²) in [6, 6.07) is 0. The van der Waals surface area contributed by atoms with E-state index in [0.29, 0.717) is 0 Å². The highest BCUT2D eigenvalue weighted by Gasteiger charge is 2.32. The molecule has 0 unspecified atom stereocenters. The fourth-order valence-electron chi connectivity index (χ4n) is 3.28. The van der Waals surface area contributed by atoms with Crippen LogP contribution in [0.25, 0.3) is 0 Å². The Morgan fingerprint density at radius 3 is 2.52 bits per heavy atom. The van der Waals surface area contributed by atoms with Crippen molar-refractivity contribution in [2.45, 2.75) is 65.6 Å². The number of hydrogen-bond donors (Lipinski definition) is 1. The third kappa shape index (κ3) is 3.43. The van der Waals surface area contributed by atoms with Crippen LogP contribution in [0.5, 0.6) is 0 Å². The molecule has 0 bridgehead atoms. The van der Waals surface area contributed by atoms with Gasteiger partial charge in [0, 0.05) is 38.3 Å². The maximum atomic E-state index is 6.54. The topological polar surface area (TPSA) is 33.1 Å². The minimum Gasteiger partial charge on any atom is -0.309 e. The van der Waals surface area contributed by atoms with E-state index < -0.39 is 0 Å². The summed E-state index contributed by atoms with van der Waals surface area (Å²) < 4.78 is 2.07. The zero-order valence-electron chi connectivity index (χ0n) is 13.9. The summed E-state index contributed by atoms with van der Waals surface area (Å²) >= 11 is 6.54. The Morgan fingerprint density at radius 1 is 1.24 bits per heavy atom. The molecule has 0 radical (unpaired) electrons. The molecule has 0 aromatic carbocycles. The molecule has 0 spiro atoms. The molecule has 120 valence electrons. The molecule has 2 rings (SSSR count). The SMILES string of the molecule is CCc1nn(CC)c(CN2CCNC(CC)(CC)C2)c1Cl. The molecule has 1 aliphatic rings. The maximum Gasteiger partial charge on any atom is 0.0863 e. The first-order valence-electron chi connectivity index (χ1n) is 8.30. The molecule has 2 heterocycles. The average molecular weight is 313 g/mol. The largest absolute Gasteiger partial charge is 0.309 e. The van der Waals surface area contributed by atoms with Crippen LogP contribution in [0.1, 0.15) is 51.9 Å². The summed E-state index contributed by atoms with van der Waals surface area (Å²) in [5.74, 6) is 0. The van der Waals surface area contributed by atoms with Gasteiger partial charge < -0.3 is 5.32 Å². The van der Waals surface area contributed by atoms with Gasteiger partial charge in [-0.2, -0.15) is 5.10 Å². The van der Waals surface area contributed by atoms with Gasteiger partial charge in [-0.15, -0.1) is 0 Å². The molecular formula is C16H29ClN4. The van der Waals surface area contributed by atoms with Crippen LogP contribution in [-0.4, -0.2) is 39.9 Å². The third-order valence-corrected chi connectivity index (χ3v) is 5.31. The molecule has 4 nitrogen and oxygen atoms in total. The number of aromatic nitrogens is 2. The van der Waals surface area contributed by atoms with E-state index in [0.717, 1.165) is 49.9 Å². The lowest BCUT2D eigenvalue weighted by Gasteiger charge is -2.43. The molecule has 1 saturated heterocycles. The summed E-state index contributed by atoms with van der Waals surface area (Å²) in [4.78, 5) is 2.53. The van der Waals surface area contributed by atoms with Crippen molar-refractivity contribution < 1.29 is 0 Å². The molecule has 1 aliphatic heterocycles. The van der Waals surface area contributed by atoms with Crippen molar-refractivity contribution in [2.24, 2.45) is 0 Å². The van der Waals surface area contributed by atoms with Crippen LogP contribution in [0.2, 0.25) is 5.02 Å². The summed E-state index contributed by atoms with van der Waals surface area (Å²) in [6.45, 7) is 13.8. The molecule has 1 aromatic rings. The van der Waals surface area contributed by atoms with Crippen molar-refractivity contribution in [3.8, 4) is 0 Å². The van der Waals surface area contributed by atoms with Crippen LogP contribution in [0.3, 0.4) is 0 Å². The second-order valence-corrected chi connectivity index (χ2v) is 6.38. The lowest BCUT2D eigenvalue weighted by molar-refractivity contribution is 0.115. The fourth-order valence-corrected chi connectivity index (χ4v) is 3.61. The Balaban J connectivity index is 2.16. The van der Waals surface area contributed by atoms with Gasteiger partial charge in [0.15, 0.2) is 0 Å². The van der Waals surface area contributed by atoms with Crippen molar-refractivity contribution in [1.82, 2.24) is 20.0 Å². The van der Waals surface area contributed by atoms with Crippen LogP contribution >= 0.6 is 11.6 Å². The normalized spacial score (nSPS) is 19.1. The quantitative estimate of drug-likeness (QED) is 0.876. The van der Waals surface area contributed by atoms with Crippen LogP contribution in [0, 0.1) is 0 Å². The van der Waals surface area contributed by atoms with E-state index in [1.165, 1.54) is 18.5 Å². The number of nitrogens with one attached hydrogen (secondary N) is 1. The van der Waals surface area contributed by atoms with E-state index in [1.807, 2.05) is 0 Å². The Hall–Kier alpha value is -0.580. The Kier molecular flexibility index (Phi) is 5.69. The van der Waals surface area contributed by atoms with Gasteiger partial charge in [0.05, 0.1) is 16.4 Å². The number of aryl methyl sites for hydroxylation is 2. The van der Waals surface area contributed by atoms with Crippen LogP contribution < -0.4 is 5.32 Å². The van der Waals surface area contributed by atoms with E-state index >= 15 is 0 Å². The molecule has 21 heavy (non-hydrogen) atoms. The van der Waals surface area contributed by atoms with E-state index in [2.05, 4.69) is 47.7 Å². The predicted molar refractivity (Wildman–Crippen MR) is 88.9 cm³/mol. The first kappa shape index (κ1) is 16.8. The summed E-state index contributed by atoms with van der Waals surface area (Å²) in [5.41, 5.74) is 2.47. The number of piperazine rings is 1. The van der Waals surface area contributed by atoms with Crippen LogP contribution in [0.15, 0.2) is 0 Å². The number of rotatable bonds is 6. The first-order valence-corrected chi connectivity index (χ1v) is 8.68. The minimum absolute atomic E-state index is 0.259. The monoisotopic (exact) mass is 312 g/mol. The van der Waals surface area contributed by atoms with E-state index in [4.69, 9.17) is 11.6 Å². The molecule has 0 atom stereocenters. The highest BCUT2D eigenvalue weighted by atomic mass is 35.5. The number of halogens is 1. The van der Waals surface area contributed by atoms with Gasteiger partial charge in [0.25, 0.3) is 0 Å². The summed E-state index contributed by atoms with van der Waals surface area (Å²) in [7, 11) is 0. The molecule has 5 heteroatoms. The average Bonchev–Trinajstić information content (AvgIpc) is 2.83. The highest BCUT2D eigenvalue weighted by molar-refractivity contribution is 6.31. The second kappa shape index (κ2) is 7.12. The minimum atomic E-state index is 0.259. The van der Waals surface area contributed by atoms with Crippen LogP contribution in [0.4, 0.5) is 0 Å². The Morgan fingerprint density at radius 2 is 1.95 bits per heavy atom. The highest BCUT2D eigenvalue weighted by Crippen LogP contribution is 2.26. The molecule has 1 fully saturated rings. The number of nitrogens with zero attached hydrogens (tertiary/aromatic N) is 3. The van der Waals surface area contributed by atoms with Gasteiger partial charge in [0.1, 0.15) is 0 Å². The molecule has 1 aromatic heterocycles. The van der Waals surface area contributed by atoms with Crippen molar-refractivity contribution in [1.29, 1.82) is 0 Å². The standard InChI is InChI=1S/C16H29ClN4/c1-5-13-15(17)14(21(8-4)19-13)11-20-10-9-18-16(6-2,7-3)12-20/h18H,5-12H2,1-4H3. The Labute approximate surface area is 133 Å². The van der Waals surface area contributed by atoms with Gasteiger partial charge in [-0.1, -0.05) is 32.4 Å². The smallest absolute Gasteiger partial charge is 0.0863 e. The van der Waals surface area contributed by atoms with Gasteiger partial charge >= 0.3 is 0 Å². The maximum absolute atomic E-state index is 6.54. The van der Waals surface area contributed by atoms with Crippen molar-refractivity contribution in [3.63, 3.8) is 0 Å². The molecular weight excluding hydrogens is 284 g/mol. The van der Waals surface area contributed by atoms with Gasteiger partial charge in [0.2, 0.25) is 0 Å². The molecule has 1 N–H and O–H groups in total. The van der Waals surface area contributed by atoms with E-state index in [1.54, 1.807) is 0 Å². The molecule has 0 aliphatic carbocycles. The third-order valence-electron chi connectivity index (χ3n) is 4.88. The molecule has 0 saturated carbocycles. The lowest BCUT2D eigenvalue weighted by Crippen LogP contribution is -2.59. The summed E-state index contributed by atoms with van der Waals surface area (Å²) in [5, 5.41) is 9.21. The fraction of sp³-hybridized carbons (Fsp3) is 0.812. The number of hydrogen-bond acceptors (Lipinski definition) is 3. The zero-order valence-corrected chi connectivity index (χ0v) is 14.6. The first-order chi connectivity index (χ1) is 10.1. The van der Waals surface area contributed by atoms with Gasteiger partial charge in [-0.25, -0.2) is 0 Å². The van der Waals surface area contributed by atoms with E-state index in [9.17, 15) is 0 Å².